The Balaban J connectivity index is 2.37. The van der Waals surface area contributed by atoms with Crippen LogP contribution in [0.15, 0.2) is 30.5 Å². The fourth-order valence-electron chi connectivity index (χ4n) is 1.77. The van der Waals surface area contributed by atoms with Crippen molar-refractivity contribution in [1.82, 2.24) is 4.98 Å². The number of nitriles is 1. The van der Waals surface area contributed by atoms with E-state index in [0.29, 0.717) is 11.4 Å². The Labute approximate surface area is 107 Å². The Bertz CT molecular complexity index is 627. The molecule has 1 heterocycles. The van der Waals surface area contributed by atoms with Crippen molar-refractivity contribution in [2.45, 2.75) is 20.8 Å². The van der Waals surface area contributed by atoms with Gasteiger partial charge in [-0.25, -0.2) is 4.98 Å². The van der Waals surface area contributed by atoms with Crippen LogP contribution in [-0.2, 0) is 0 Å². The molecule has 18 heavy (non-hydrogen) atoms. The molecule has 0 atom stereocenters. The summed E-state index contributed by atoms with van der Waals surface area (Å²) in [6.07, 6.45) is 1.58. The molecule has 1 aromatic heterocycles. The van der Waals surface area contributed by atoms with Crippen molar-refractivity contribution in [3.05, 3.63) is 52.8 Å². The van der Waals surface area contributed by atoms with Gasteiger partial charge in [-0.1, -0.05) is 6.07 Å². The van der Waals surface area contributed by atoms with E-state index in [0.717, 1.165) is 16.9 Å². The van der Waals surface area contributed by atoms with Gasteiger partial charge in [0, 0.05) is 12.3 Å². The molecule has 0 bridgehead atoms. The summed E-state index contributed by atoms with van der Waals surface area (Å²) in [5.41, 5.74) is 3.81. The highest BCUT2D eigenvalue weighted by atomic mass is 16.5. The largest absolute Gasteiger partial charge is 0.457 e. The molecule has 0 aliphatic carbocycles. The summed E-state index contributed by atoms with van der Waals surface area (Å²) in [6.45, 7) is 6.12. The molecule has 3 heteroatoms. The molecule has 0 saturated carbocycles. The average molecular weight is 238 g/mol. The lowest BCUT2D eigenvalue weighted by Gasteiger charge is -2.11. The van der Waals surface area contributed by atoms with Gasteiger partial charge in [0.25, 0.3) is 0 Å². The number of aryl methyl sites for hydroxylation is 2. The van der Waals surface area contributed by atoms with Gasteiger partial charge in [-0.2, -0.15) is 5.26 Å². The second kappa shape index (κ2) is 4.89. The predicted octanol–water partition coefficient (Wildman–Crippen LogP) is 3.67. The summed E-state index contributed by atoms with van der Waals surface area (Å²) in [5.74, 6) is 1.46. The summed E-state index contributed by atoms with van der Waals surface area (Å²) < 4.78 is 5.82. The summed E-state index contributed by atoms with van der Waals surface area (Å²) in [6, 6.07) is 9.50. The molecule has 0 saturated heterocycles. The van der Waals surface area contributed by atoms with Crippen LogP contribution in [-0.4, -0.2) is 4.98 Å². The third kappa shape index (κ3) is 2.49. The Hall–Kier alpha value is -2.34. The molecule has 1 aromatic carbocycles. The van der Waals surface area contributed by atoms with Gasteiger partial charge >= 0.3 is 0 Å². The molecule has 0 aliphatic heterocycles. The van der Waals surface area contributed by atoms with Crippen LogP contribution >= 0.6 is 0 Å². The molecule has 3 nitrogen and oxygen atoms in total. The monoisotopic (exact) mass is 238 g/mol. The molecule has 2 aromatic rings. The van der Waals surface area contributed by atoms with Crippen molar-refractivity contribution in [3.63, 3.8) is 0 Å². The molecule has 0 aliphatic rings. The first kappa shape index (κ1) is 12.1. The lowest BCUT2D eigenvalue weighted by atomic mass is 10.1. The second-order valence-corrected chi connectivity index (χ2v) is 4.30. The van der Waals surface area contributed by atoms with E-state index in [-0.39, 0.29) is 0 Å². The van der Waals surface area contributed by atoms with Crippen LogP contribution in [0.3, 0.4) is 0 Å². The van der Waals surface area contributed by atoms with Crippen LogP contribution < -0.4 is 4.74 Å². The normalized spacial score (nSPS) is 9.89. The summed E-state index contributed by atoms with van der Waals surface area (Å²) >= 11 is 0. The van der Waals surface area contributed by atoms with E-state index in [1.807, 2.05) is 26.0 Å². The molecular formula is C15H14N2O. The van der Waals surface area contributed by atoms with Gasteiger partial charge in [0.1, 0.15) is 23.3 Å². The van der Waals surface area contributed by atoms with Crippen LogP contribution in [0, 0.1) is 32.1 Å². The van der Waals surface area contributed by atoms with E-state index < -0.39 is 0 Å². The van der Waals surface area contributed by atoms with Crippen molar-refractivity contribution in [3.8, 4) is 17.6 Å². The van der Waals surface area contributed by atoms with E-state index in [2.05, 4.69) is 18.0 Å². The number of hydrogen-bond acceptors (Lipinski definition) is 3. The molecule has 0 spiro atoms. The van der Waals surface area contributed by atoms with Gasteiger partial charge in [0.2, 0.25) is 0 Å². The summed E-state index contributed by atoms with van der Waals surface area (Å²) in [5, 5.41) is 8.80. The molecule has 0 unspecified atom stereocenters. The minimum Gasteiger partial charge on any atom is -0.457 e. The van der Waals surface area contributed by atoms with E-state index in [1.165, 1.54) is 5.56 Å². The molecule has 90 valence electrons. The first-order valence-electron chi connectivity index (χ1n) is 5.72. The van der Waals surface area contributed by atoms with Crippen molar-refractivity contribution < 1.29 is 4.74 Å². The van der Waals surface area contributed by atoms with Gasteiger partial charge in [-0.3, -0.25) is 0 Å². The lowest BCUT2D eigenvalue weighted by Crippen LogP contribution is -1.92. The van der Waals surface area contributed by atoms with E-state index in [4.69, 9.17) is 10.00 Å². The number of ether oxygens (including phenoxy) is 1. The zero-order valence-electron chi connectivity index (χ0n) is 10.7. The Morgan fingerprint density at radius 1 is 1.17 bits per heavy atom. The quantitative estimate of drug-likeness (QED) is 0.801. The number of rotatable bonds is 2. The fourth-order valence-corrected chi connectivity index (χ4v) is 1.77. The van der Waals surface area contributed by atoms with E-state index >= 15 is 0 Å². The SMILES string of the molecule is Cc1cc(C)c(C)c(Oc2ccnc(C#N)c2)c1. The van der Waals surface area contributed by atoms with Crippen molar-refractivity contribution in [2.75, 3.05) is 0 Å². The van der Waals surface area contributed by atoms with Crippen LogP contribution in [0.4, 0.5) is 0 Å². The zero-order valence-corrected chi connectivity index (χ0v) is 10.7. The molecule has 0 amide bonds. The van der Waals surface area contributed by atoms with Crippen LogP contribution in [0.25, 0.3) is 0 Å². The molecule has 0 fully saturated rings. The first-order valence-corrected chi connectivity index (χ1v) is 5.72. The van der Waals surface area contributed by atoms with E-state index in [9.17, 15) is 0 Å². The van der Waals surface area contributed by atoms with Gasteiger partial charge < -0.3 is 4.74 Å². The summed E-state index contributed by atoms with van der Waals surface area (Å²) in [4.78, 5) is 3.92. The molecule has 0 N–H and O–H groups in total. The first-order chi connectivity index (χ1) is 8.60. The maximum Gasteiger partial charge on any atom is 0.144 e. The van der Waals surface area contributed by atoms with Crippen LogP contribution in [0.1, 0.15) is 22.4 Å². The van der Waals surface area contributed by atoms with Gasteiger partial charge in [0.15, 0.2) is 0 Å². The third-order valence-electron chi connectivity index (χ3n) is 2.84. The Morgan fingerprint density at radius 3 is 2.67 bits per heavy atom. The smallest absolute Gasteiger partial charge is 0.144 e. The predicted molar refractivity (Wildman–Crippen MR) is 69.7 cm³/mol. The van der Waals surface area contributed by atoms with Crippen LogP contribution in [0.5, 0.6) is 11.5 Å². The molecule has 0 radical (unpaired) electrons. The number of benzene rings is 1. The van der Waals surface area contributed by atoms with Gasteiger partial charge in [0.05, 0.1) is 0 Å². The minimum absolute atomic E-state index is 0.356. The highest BCUT2D eigenvalue weighted by Gasteiger charge is 2.06. The Morgan fingerprint density at radius 2 is 1.94 bits per heavy atom. The average Bonchev–Trinajstić information content (AvgIpc) is 2.35. The maximum atomic E-state index is 8.80. The fraction of sp³-hybridized carbons (Fsp3) is 0.200. The second-order valence-electron chi connectivity index (χ2n) is 4.30. The third-order valence-corrected chi connectivity index (χ3v) is 2.84. The topological polar surface area (TPSA) is 45.9 Å². The highest BCUT2D eigenvalue weighted by molar-refractivity contribution is 5.44. The van der Waals surface area contributed by atoms with Gasteiger partial charge in [-0.05, 0) is 49.6 Å². The number of pyridine rings is 1. The van der Waals surface area contributed by atoms with E-state index in [1.54, 1.807) is 18.3 Å². The minimum atomic E-state index is 0.356. The standard InChI is InChI=1S/C15H14N2O/c1-10-6-11(2)12(3)15(7-10)18-14-4-5-17-13(8-14)9-16/h4-8H,1-3H3. The zero-order chi connectivity index (χ0) is 13.1. The van der Waals surface area contributed by atoms with Gasteiger partial charge in [-0.15, -0.1) is 0 Å². The van der Waals surface area contributed by atoms with Crippen LogP contribution in [0.2, 0.25) is 0 Å². The molecular weight excluding hydrogens is 224 g/mol. The highest BCUT2D eigenvalue weighted by Crippen LogP contribution is 2.28. The Kier molecular flexibility index (Phi) is 3.29. The van der Waals surface area contributed by atoms with Crippen molar-refractivity contribution >= 4 is 0 Å². The van der Waals surface area contributed by atoms with Crippen molar-refractivity contribution in [2.24, 2.45) is 0 Å². The number of aromatic nitrogens is 1. The molecule has 2 rings (SSSR count). The summed E-state index contributed by atoms with van der Waals surface area (Å²) in [7, 11) is 0. The number of nitrogens with zero attached hydrogens (tertiary/aromatic N) is 2. The maximum absolute atomic E-state index is 8.80. The lowest BCUT2D eigenvalue weighted by molar-refractivity contribution is 0.477. The van der Waals surface area contributed by atoms with Crippen molar-refractivity contribution in [1.29, 1.82) is 5.26 Å². The number of hydrogen-bond donors (Lipinski definition) is 0.